The molecule has 0 spiro atoms. The molecule has 0 radical (unpaired) electrons. The van der Waals surface area contributed by atoms with Crippen molar-refractivity contribution in [2.24, 2.45) is 5.73 Å². The normalized spacial score (nSPS) is 14.9. The number of urea groups is 2. The van der Waals surface area contributed by atoms with Crippen LogP contribution in [0.2, 0.25) is 0 Å². The van der Waals surface area contributed by atoms with E-state index in [-0.39, 0.29) is 18.7 Å². The summed E-state index contributed by atoms with van der Waals surface area (Å²) in [6.45, 7) is 5.17. The van der Waals surface area contributed by atoms with E-state index in [0.29, 0.717) is 0 Å². The van der Waals surface area contributed by atoms with E-state index < -0.39 is 18.0 Å². The van der Waals surface area contributed by atoms with Crippen molar-refractivity contribution in [3.8, 4) is 0 Å². The molecule has 0 atom stereocenters. The van der Waals surface area contributed by atoms with Gasteiger partial charge in [-0.2, -0.15) is 0 Å². The monoisotopic (exact) mass is 228 g/mol. The predicted molar refractivity (Wildman–Crippen MR) is 52.4 cm³/mol. The number of nitrogens with one attached hydrogen (secondary N) is 1. The van der Waals surface area contributed by atoms with Gasteiger partial charge < -0.3 is 10.6 Å². The van der Waals surface area contributed by atoms with Crippen LogP contribution in [0.5, 0.6) is 0 Å². The highest BCUT2D eigenvalue weighted by atomic mass is 16.7. The second-order valence-electron chi connectivity index (χ2n) is 3.17. The summed E-state index contributed by atoms with van der Waals surface area (Å²) >= 11 is 0. The van der Waals surface area contributed by atoms with Crippen LogP contribution in [0.25, 0.3) is 0 Å². The van der Waals surface area contributed by atoms with E-state index in [1.54, 1.807) is 0 Å². The first kappa shape index (κ1) is 11.8. The molecule has 0 aliphatic carbocycles. The summed E-state index contributed by atoms with van der Waals surface area (Å²) in [6.07, 6.45) is 0. The van der Waals surface area contributed by atoms with Crippen molar-refractivity contribution >= 4 is 18.0 Å². The van der Waals surface area contributed by atoms with Crippen LogP contribution in [0, 0.1) is 0 Å². The third-order valence-corrected chi connectivity index (χ3v) is 1.76. The summed E-state index contributed by atoms with van der Waals surface area (Å²) in [5.41, 5.74) is 7.11. The van der Waals surface area contributed by atoms with Crippen molar-refractivity contribution in [1.82, 2.24) is 15.5 Å². The number of hydroxylamine groups is 2. The fourth-order valence-electron chi connectivity index (χ4n) is 1.02. The lowest BCUT2D eigenvalue weighted by Gasteiger charge is -2.17. The number of nitrogens with two attached hydrogens (primary N) is 1. The van der Waals surface area contributed by atoms with Crippen molar-refractivity contribution in [2.45, 2.75) is 6.92 Å². The second-order valence-corrected chi connectivity index (χ2v) is 3.17. The Balaban J connectivity index is 2.54. The van der Waals surface area contributed by atoms with Crippen LogP contribution in [0.4, 0.5) is 9.59 Å². The van der Waals surface area contributed by atoms with Gasteiger partial charge in [-0.05, 0) is 6.92 Å². The summed E-state index contributed by atoms with van der Waals surface area (Å²) in [7, 11) is 0. The van der Waals surface area contributed by atoms with Gasteiger partial charge in [0.25, 0.3) is 0 Å². The summed E-state index contributed by atoms with van der Waals surface area (Å²) < 4.78 is 0. The minimum atomic E-state index is -0.860. The lowest BCUT2D eigenvalue weighted by molar-refractivity contribution is -0.168. The maximum atomic E-state index is 11.5. The Morgan fingerprint density at radius 2 is 2.12 bits per heavy atom. The second kappa shape index (κ2) is 4.51. The van der Waals surface area contributed by atoms with Crippen LogP contribution in [0.3, 0.4) is 0 Å². The third-order valence-electron chi connectivity index (χ3n) is 1.76. The quantitative estimate of drug-likeness (QED) is 0.625. The molecule has 1 rings (SSSR count). The lowest BCUT2D eigenvalue weighted by Crippen LogP contribution is -2.47. The third kappa shape index (κ3) is 2.62. The Bertz CT molecular complexity index is 354. The van der Waals surface area contributed by atoms with Gasteiger partial charge in [0.05, 0.1) is 13.1 Å². The zero-order chi connectivity index (χ0) is 12.3. The van der Waals surface area contributed by atoms with Gasteiger partial charge in [-0.3, -0.25) is 0 Å². The van der Waals surface area contributed by atoms with Crippen LogP contribution in [0.1, 0.15) is 6.92 Å². The van der Waals surface area contributed by atoms with Crippen LogP contribution < -0.4 is 11.2 Å². The molecular weight excluding hydrogens is 216 g/mol. The van der Waals surface area contributed by atoms with Gasteiger partial charge in [0, 0.05) is 5.57 Å². The van der Waals surface area contributed by atoms with E-state index in [1.165, 1.54) is 6.92 Å². The fraction of sp³-hybridized carbons (Fsp3) is 0.375. The first-order valence-electron chi connectivity index (χ1n) is 4.44. The molecule has 0 aromatic carbocycles. The summed E-state index contributed by atoms with van der Waals surface area (Å²) in [5, 5.41) is 1.78. The van der Waals surface area contributed by atoms with Gasteiger partial charge in [0.15, 0.2) is 0 Å². The molecule has 1 aliphatic heterocycles. The van der Waals surface area contributed by atoms with Gasteiger partial charge in [0.1, 0.15) is 0 Å². The van der Waals surface area contributed by atoms with E-state index in [4.69, 9.17) is 10.6 Å². The molecule has 1 saturated heterocycles. The molecule has 1 heterocycles. The van der Waals surface area contributed by atoms with Crippen molar-refractivity contribution in [2.75, 3.05) is 13.1 Å². The van der Waals surface area contributed by atoms with Gasteiger partial charge in [0.2, 0.25) is 0 Å². The van der Waals surface area contributed by atoms with Crippen LogP contribution in [0.15, 0.2) is 12.2 Å². The first-order chi connectivity index (χ1) is 7.41. The summed E-state index contributed by atoms with van der Waals surface area (Å²) in [4.78, 5) is 37.8. The van der Waals surface area contributed by atoms with Crippen molar-refractivity contribution in [3.63, 3.8) is 0 Å². The minimum absolute atomic E-state index is 0.151. The van der Waals surface area contributed by atoms with Gasteiger partial charge in [-0.1, -0.05) is 6.58 Å². The number of primary amides is 1. The molecule has 0 saturated carbocycles. The Morgan fingerprint density at radius 1 is 1.50 bits per heavy atom. The molecule has 0 unspecified atom stereocenters. The molecule has 4 amide bonds. The number of carbonyl (C=O) groups is 3. The average Bonchev–Trinajstić information content (AvgIpc) is 2.49. The van der Waals surface area contributed by atoms with Crippen molar-refractivity contribution in [1.29, 1.82) is 0 Å². The molecule has 0 bridgehead atoms. The van der Waals surface area contributed by atoms with Gasteiger partial charge in [-0.15, -0.1) is 5.06 Å². The number of nitrogens with zero attached hydrogens (tertiary/aromatic N) is 2. The number of rotatable bonds is 3. The van der Waals surface area contributed by atoms with E-state index >= 15 is 0 Å². The highest BCUT2D eigenvalue weighted by Crippen LogP contribution is 2.08. The van der Waals surface area contributed by atoms with E-state index in [1.807, 2.05) is 0 Å². The van der Waals surface area contributed by atoms with E-state index in [2.05, 4.69) is 12.0 Å². The predicted octanol–water partition coefficient (Wildman–Crippen LogP) is -0.658. The molecule has 1 fully saturated rings. The average molecular weight is 228 g/mol. The number of hydrogen-bond donors (Lipinski definition) is 2. The van der Waals surface area contributed by atoms with Gasteiger partial charge >= 0.3 is 18.0 Å². The molecule has 3 N–H and O–H groups in total. The summed E-state index contributed by atoms with van der Waals surface area (Å²) in [5.74, 6) is -0.700. The molecule has 1 aliphatic rings. The number of carbonyl (C=O) groups excluding carboxylic acids is 3. The van der Waals surface area contributed by atoms with Gasteiger partial charge in [-0.25, -0.2) is 24.8 Å². The molecule has 0 aromatic rings. The number of hydrogen-bond acceptors (Lipinski definition) is 4. The topological polar surface area (TPSA) is 105 Å². The Hall–Kier alpha value is -2.25. The highest BCUT2D eigenvalue weighted by Gasteiger charge is 2.32. The Labute approximate surface area is 91.5 Å². The highest BCUT2D eigenvalue weighted by molar-refractivity contribution is 5.88. The fourth-order valence-corrected chi connectivity index (χ4v) is 1.02. The van der Waals surface area contributed by atoms with Crippen LogP contribution in [-0.2, 0) is 9.63 Å². The van der Waals surface area contributed by atoms with Crippen molar-refractivity contribution < 1.29 is 19.2 Å². The van der Waals surface area contributed by atoms with E-state index in [9.17, 15) is 14.4 Å². The largest absolute Gasteiger partial charge is 0.372 e. The lowest BCUT2D eigenvalue weighted by atomic mass is 10.4. The number of hydrazine groups is 1. The van der Waals surface area contributed by atoms with E-state index in [0.717, 1.165) is 10.1 Å². The molecule has 0 aromatic heterocycles. The Kier molecular flexibility index (Phi) is 3.33. The maximum Gasteiger partial charge on any atom is 0.372 e. The Morgan fingerprint density at radius 3 is 2.62 bits per heavy atom. The summed E-state index contributed by atoms with van der Waals surface area (Å²) in [6, 6.07) is -1.52. The minimum Gasteiger partial charge on any atom is -0.350 e. The van der Waals surface area contributed by atoms with Crippen LogP contribution >= 0.6 is 0 Å². The first-order valence-corrected chi connectivity index (χ1v) is 4.44. The number of amides is 4. The zero-order valence-electron chi connectivity index (χ0n) is 8.73. The molecule has 88 valence electrons. The molecular formula is C8H12N4O4. The van der Waals surface area contributed by atoms with Crippen LogP contribution in [-0.4, -0.2) is 41.2 Å². The molecule has 8 nitrogen and oxygen atoms in total. The molecule has 16 heavy (non-hydrogen) atoms. The maximum absolute atomic E-state index is 11.5. The standard InChI is InChI=1S/C8H12N4O4/c1-5(2)6(13)16-12-4-3-11(8(12)15)10-7(9)14/h1,3-4H2,2H3,(H3,9,10,14). The van der Waals surface area contributed by atoms with Crippen molar-refractivity contribution in [3.05, 3.63) is 12.2 Å². The SMILES string of the molecule is C=C(C)C(=O)ON1CCN(NC(N)=O)C1=O. The smallest absolute Gasteiger partial charge is 0.350 e. The molecule has 8 heteroatoms. The zero-order valence-corrected chi connectivity index (χ0v) is 8.73.